The molecule has 0 saturated heterocycles. The van der Waals surface area contributed by atoms with Crippen molar-refractivity contribution >= 4 is 23.4 Å². The zero-order valence-corrected chi connectivity index (χ0v) is 4.98. The van der Waals surface area contributed by atoms with Crippen LogP contribution in [-0.4, -0.2) is 16.0 Å². The predicted octanol–water partition coefficient (Wildman–Crippen LogP) is 0.698. The molecular weight excluding hydrogens is 128 g/mol. The molecule has 0 heterocycles. The molecule has 0 saturated carbocycles. The summed E-state index contributed by atoms with van der Waals surface area (Å²) in [6, 6.07) is 0. The van der Waals surface area contributed by atoms with Crippen LogP contribution >= 0.6 is 12.0 Å². The smallest absolute Gasteiger partial charge is 0.215 e. The van der Waals surface area contributed by atoms with Crippen molar-refractivity contribution in [2.24, 2.45) is 0 Å². The van der Waals surface area contributed by atoms with Gasteiger partial charge in [-0.15, -0.1) is 0 Å². The summed E-state index contributed by atoms with van der Waals surface area (Å²) in [6.45, 7) is 0. The van der Waals surface area contributed by atoms with Gasteiger partial charge in [-0.2, -0.15) is 0 Å². The molecule has 0 aliphatic carbocycles. The number of aldehydes is 1. The molecule has 0 amide bonds. The van der Waals surface area contributed by atoms with E-state index < -0.39 is 0 Å². The quantitative estimate of drug-likeness (QED) is 0.456. The Hall–Kier alpha value is -0.350. The topological polar surface area (TPSA) is 54.4 Å². The third-order valence-electron chi connectivity index (χ3n) is 0.568. The molecular formula is C4H6O3S. The summed E-state index contributed by atoms with van der Waals surface area (Å²) < 4.78 is 8.01. The summed E-state index contributed by atoms with van der Waals surface area (Å²) in [4.78, 5) is 19.7. The number of hydrogen-bond acceptors (Lipinski definition) is 4. The number of carbonyl (C=O) groups is 2. The van der Waals surface area contributed by atoms with Gasteiger partial charge in [0.25, 0.3) is 0 Å². The Bertz CT molecular complexity index is 91.3. The molecule has 0 rings (SSSR count). The number of carbonyl (C=O) groups excluding carboxylic acids is 2. The predicted molar refractivity (Wildman–Crippen MR) is 30.5 cm³/mol. The molecule has 0 aromatic heterocycles. The lowest BCUT2D eigenvalue weighted by Gasteiger charge is -1.84. The second-order valence-electron chi connectivity index (χ2n) is 1.17. The summed E-state index contributed by atoms with van der Waals surface area (Å²) in [5.41, 5.74) is 0. The van der Waals surface area contributed by atoms with E-state index in [0.717, 1.165) is 0 Å². The van der Waals surface area contributed by atoms with Gasteiger partial charge >= 0.3 is 0 Å². The molecule has 1 N–H and O–H groups in total. The highest BCUT2D eigenvalue weighted by molar-refractivity contribution is 8.08. The van der Waals surface area contributed by atoms with E-state index >= 15 is 0 Å². The highest BCUT2D eigenvalue weighted by atomic mass is 32.2. The fourth-order valence-corrected chi connectivity index (χ4v) is 0.432. The first-order chi connectivity index (χ1) is 3.81. The Kier molecular flexibility index (Phi) is 4.59. The highest BCUT2D eigenvalue weighted by Crippen LogP contribution is 1.99. The monoisotopic (exact) mass is 134 g/mol. The van der Waals surface area contributed by atoms with Crippen LogP contribution in [-0.2, 0) is 9.59 Å². The van der Waals surface area contributed by atoms with E-state index in [0.29, 0.717) is 6.29 Å². The van der Waals surface area contributed by atoms with Crippen LogP contribution in [0, 0.1) is 0 Å². The number of hydrogen-bond donors (Lipinski definition) is 1. The van der Waals surface area contributed by atoms with Crippen molar-refractivity contribution in [3.8, 4) is 0 Å². The Morgan fingerprint density at radius 1 is 1.75 bits per heavy atom. The lowest BCUT2D eigenvalue weighted by atomic mass is 10.4. The normalized spacial score (nSPS) is 8.62. The zero-order valence-electron chi connectivity index (χ0n) is 4.16. The van der Waals surface area contributed by atoms with Crippen LogP contribution in [0.3, 0.4) is 0 Å². The summed E-state index contributed by atoms with van der Waals surface area (Å²) in [5, 5.41) is -0.364. The van der Waals surface area contributed by atoms with Gasteiger partial charge in [0.05, 0.1) is 12.0 Å². The SMILES string of the molecule is O=CCCC(=O)SO. The van der Waals surface area contributed by atoms with Gasteiger partial charge in [-0.05, 0) is 0 Å². The van der Waals surface area contributed by atoms with Gasteiger partial charge in [0.15, 0.2) is 0 Å². The maximum absolute atomic E-state index is 10.1. The van der Waals surface area contributed by atoms with Gasteiger partial charge in [0.2, 0.25) is 5.12 Å². The largest absolute Gasteiger partial charge is 0.323 e. The molecule has 0 spiro atoms. The second kappa shape index (κ2) is 4.80. The summed E-state index contributed by atoms with van der Waals surface area (Å²) >= 11 is 0.167. The number of rotatable bonds is 3. The fourth-order valence-electron chi connectivity index (χ4n) is 0.222. The lowest BCUT2D eigenvalue weighted by molar-refractivity contribution is -0.114. The van der Waals surface area contributed by atoms with Crippen LogP contribution in [0.4, 0.5) is 0 Å². The highest BCUT2D eigenvalue weighted by Gasteiger charge is 1.97. The van der Waals surface area contributed by atoms with Crippen LogP contribution < -0.4 is 0 Å². The van der Waals surface area contributed by atoms with E-state index in [4.69, 9.17) is 4.55 Å². The zero-order chi connectivity index (χ0) is 6.41. The molecule has 0 bridgehead atoms. The van der Waals surface area contributed by atoms with E-state index in [9.17, 15) is 9.59 Å². The van der Waals surface area contributed by atoms with Crippen LogP contribution in [0.5, 0.6) is 0 Å². The van der Waals surface area contributed by atoms with Gasteiger partial charge in [0, 0.05) is 12.8 Å². The van der Waals surface area contributed by atoms with E-state index in [-0.39, 0.29) is 30.0 Å². The molecule has 0 radical (unpaired) electrons. The maximum Gasteiger partial charge on any atom is 0.215 e. The second-order valence-corrected chi connectivity index (χ2v) is 1.81. The first kappa shape index (κ1) is 7.65. The molecule has 0 fully saturated rings. The third kappa shape index (κ3) is 3.83. The summed E-state index contributed by atoms with van der Waals surface area (Å²) in [7, 11) is 0. The van der Waals surface area contributed by atoms with Gasteiger partial charge in [-0.1, -0.05) is 0 Å². The lowest BCUT2D eigenvalue weighted by Crippen LogP contribution is -1.89. The van der Waals surface area contributed by atoms with E-state index in [1.54, 1.807) is 0 Å². The molecule has 0 aliphatic heterocycles. The molecule has 0 unspecified atom stereocenters. The van der Waals surface area contributed by atoms with Crippen molar-refractivity contribution in [2.75, 3.05) is 0 Å². The molecule has 0 atom stereocenters. The minimum absolute atomic E-state index is 0.130. The minimum atomic E-state index is -0.364. The van der Waals surface area contributed by atoms with Gasteiger partial charge in [0.1, 0.15) is 6.29 Å². The molecule has 8 heavy (non-hydrogen) atoms. The Morgan fingerprint density at radius 3 is 2.75 bits per heavy atom. The molecule has 3 nitrogen and oxygen atoms in total. The molecule has 0 aromatic rings. The maximum atomic E-state index is 10.1. The van der Waals surface area contributed by atoms with Crippen molar-refractivity contribution in [1.82, 2.24) is 0 Å². The van der Waals surface area contributed by atoms with Crippen molar-refractivity contribution < 1.29 is 14.1 Å². The molecule has 46 valence electrons. The van der Waals surface area contributed by atoms with Crippen molar-refractivity contribution in [3.63, 3.8) is 0 Å². The fraction of sp³-hybridized carbons (Fsp3) is 0.500. The van der Waals surface area contributed by atoms with Gasteiger partial charge < -0.3 is 9.35 Å². The minimum Gasteiger partial charge on any atom is -0.323 e. The van der Waals surface area contributed by atoms with Crippen LogP contribution in [0.25, 0.3) is 0 Å². The Balaban J connectivity index is 3.11. The van der Waals surface area contributed by atoms with Crippen LogP contribution in [0.15, 0.2) is 0 Å². The molecule has 4 heteroatoms. The summed E-state index contributed by atoms with van der Waals surface area (Å²) in [6.07, 6.45) is 0.977. The third-order valence-corrected chi connectivity index (χ3v) is 0.976. The van der Waals surface area contributed by atoms with Crippen molar-refractivity contribution in [3.05, 3.63) is 0 Å². The van der Waals surface area contributed by atoms with E-state index in [1.165, 1.54) is 0 Å². The van der Waals surface area contributed by atoms with Crippen molar-refractivity contribution in [1.29, 1.82) is 0 Å². The standard InChI is InChI=1S/C4H6O3S/c5-3-1-2-4(6)8-7/h3,7H,1-2H2. The van der Waals surface area contributed by atoms with E-state index in [1.807, 2.05) is 0 Å². The first-order valence-electron chi connectivity index (χ1n) is 2.09. The Labute approximate surface area is 51.3 Å². The van der Waals surface area contributed by atoms with Crippen molar-refractivity contribution in [2.45, 2.75) is 12.8 Å². The molecule has 0 aliphatic rings. The average molecular weight is 134 g/mol. The van der Waals surface area contributed by atoms with Crippen LogP contribution in [0.2, 0.25) is 0 Å². The Morgan fingerprint density at radius 2 is 2.38 bits per heavy atom. The van der Waals surface area contributed by atoms with Gasteiger partial charge in [-0.25, -0.2) is 0 Å². The van der Waals surface area contributed by atoms with E-state index in [2.05, 4.69) is 0 Å². The average Bonchev–Trinajstić information content (AvgIpc) is 1.83. The van der Waals surface area contributed by atoms with Crippen LogP contribution in [0.1, 0.15) is 12.8 Å². The first-order valence-corrected chi connectivity index (χ1v) is 2.86. The summed E-state index contributed by atoms with van der Waals surface area (Å²) in [5.74, 6) is 0. The van der Waals surface area contributed by atoms with Gasteiger partial charge in [-0.3, -0.25) is 4.79 Å². The molecule has 0 aromatic carbocycles.